The summed E-state index contributed by atoms with van der Waals surface area (Å²) in [6.45, 7) is 2.03. The maximum Gasteiger partial charge on any atom is 0.273 e. The fraction of sp³-hybridized carbons (Fsp3) is 0.409. The molecule has 1 aromatic carbocycles. The van der Waals surface area contributed by atoms with Crippen LogP contribution in [-0.2, 0) is 11.2 Å². The molecule has 0 aliphatic carbocycles. The highest BCUT2D eigenvalue weighted by Gasteiger charge is 2.52. The van der Waals surface area contributed by atoms with Crippen molar-refractivity contribution in [1.82, 2.24) is 14.8 Å². The van der Waals surface area contributed by atoms with Crippen molar-refractivity contribution in [2.24, 2.45) is 0 Å². The predicted octanol–water partition coefficient (Wildman–Crippen LogP) is 2.50. The van der Waals surface area contributed by atoms with Crippen LogP contribution in [0.15, 0.2) is 48.5 Å². The number of piperidine rings is 1. The number of nitrogens with two attached hydrogens (primary N) is 1. The SMILES string of the molecule is Nc1cccc(C(=O)N2CCCC23CCCN(CCc2ccccc2)C3=O)n1. The van der Waals surface area contributed by atoms with Gasteiger partial charge < -0.3 is 15.5 Å². The molecule has 1 atom stereocenters. The number of likely N-dealkylation sites (tertiary alicyclic amines) is 2. The van der Waals surface area contributed by atoms with E-state index in [9.17, 15) is 9.59 Å². The Morgan fingerprint density at radius 3 is 2.54 bits per heavy atom. The second-order valence-electron chi connectivity index (χ2n) is 7.67. The predicted molar refractivity (Wildman–Crippen MR) is 108 cm³/mol. The van der Waals surface area contributed by atoms with Gasteiger partial charge in [0.25, 0.3) is 5.91 Å². The van der Waals surface area contributed by atoms with Crippen LogP contribution in [0.5, 0.6) is 0 Å². The highest BCUT2D eigenvalue weighted by atomic mass is 16.2. The molecule has 1 unspecified atom stereocenters. The summed E-state index contributed by atoms with van der Waals surface area (Å²) >= 11 is 0. The van der Waals surface area contributed by atoms with Crippen molar-refractivity contribution in [1.29, 1.82) is 0 Å². The monoisotopic (exact) mass is 378 g/mol. The van der Waals surface area contributed by atoms with Crippen molar-refractivity contribution < 1.29 is 9.59 Å². The van der Waals surface area contributed by atoms with Crippen LogP contribution in [0, 0.1) is 0 Å². The number of anilines is 1. The first-order chi connectivity index (χ1) is 13.6. The molecule has 4 rings (SSSR count). The Bertz CT molecular complexity index is 870. The number of carbonyl (C=O) groups is 2. The minimum absolute atomic E-state index is 0.0874. The smallest absolute Gasteiger partial charge is 0.273 e. The van der Waals surface area contributed by atoms with Gasteiger partial charge in [-0.1, -0.05) is 36.4 Å². The van der Waals surface area contributed by atoms with Crippen LogP contribution in [0.1, 0.15) is 41.7 Å². The molecule has 2 fully saturated rings. The van der Waals surface area contributed by atoms with Crippen LogP contribution >= 0.6 is 0 Å². The van der Waals surface area contributed by atoms with Crippen LogP contribution in [-0.4, -0.2) is 51.8 Å². The summed E-state index contributed by atoms with van der Waals surface area (Å²) in [5, 5.41) is 0. The zero-order valence-electron chi connectivity index (χ0n) is 16.0. The molecule has 2 amide bonds. The van der Waals surface area contributed by atoms with E-state index in [1.54, 1.807) is 23.1 Å². The van der Waals surface area contributed by atoms with Crippen molar-refractivity contribution in [2.75, 3.05) is 25.4 Å². The van der Waals surface area contributed by atoms with Gasteiger partial charge in [-0.25, -0.2) is 4.98 Å². The number of pyridine rings is 1. The molecule has 2 aliphatic heterocycles. The summed E-state index contributed by atoms with van der Waals surface area (Å²) < 4.78 is 0. The average Bonchev–Trinajstić information content (AvgIpc) is 3.14. The molecule has 6 nitrogen and oxygen atoms in total. The van der Waals surface area contributed by atoms with E-state index in [1.807, 2.05) is 23.1 Å². The zero-order valence-corrected chi connectivity index (χ0v) is 16.0. The first-order valence-corrected chi connectivity index (χ1v) is 9.98. The number of nitrogen functional groups attached to an aromatic ring is 1. The zero-order chi connectivity index (χ0) is 19.6. The van der Waals surface area contributed by atoms with E-state index in [4.69, 9.17) is 5.73 Å². The molecule has 0 radical (unpaired) electrons. The number of hydrogen-bond donors (Lipinski definition) is 1. The Labute approximate surface area is 165 Å². The van der Waals surface area contributed by atoms with Gasteiger partial charge in [0, 0.05) is 19.6 Å². The molecule has 1 spiro atoms. The first kappa shape index (κ1) is 18.5. The number of hydrogen-bond acceptors (Lipinski definition) is 4. The number of benzene rings is 1. The molecule has 2 saturated heterocycles. The number of aromatic nitrogens is 1. The third-order valence-electron chi connectivity index (χ3n) is 5.94. The summed E-state index contributed by atoms with van der Waals surface area (Å²) in [5.41, 5.74) is 6.56. The topological polar surface area (TPSA) is 79.5 Å². The van der Waals surface area contributed by atoms with Gasteiger partial charge in [-0.3, -0.25) is 9.59 Å². The van der Waals surface area contributed by atoms with E-state index in [0.29, 0.717) is 24.6 Å². The van der Waals surface area contributed by atoms with Gasteiger partial charge in [-0.2, -0.15) is 0 Å². The Hall–Kier alpha value is -2.89. The fourth-order valence-corrected chi connectivity index (χ4v) is 4.55. The van der Waals surface area contributed by atoms with Gasteiger partial charge in [0.05, 0.1) is 0 Å². The second-order valence-corrected chi connectivity index (χ2v) is 7.67. The number of rotatable bonds is 4. The minimum Gasteiger partial charge on any atom is -0.384 e. The quantitative estimate of drug-likeness (QED) is 0.887. The summed E-state index contributed by atoms with van der Waals surface area (Å²) in [5.74, 6) is 0.214. The van der Waals surface area contributed by atoms with E-state index in [2.05, 4.69) is 17.1 Å². The van der Waals surface area contributed by atoms with Gasteiger partial charge in [0.1, 0.15) is 17.1 Å². The maximum absolute atomic E-state index is 13.5. The average molecular weight is 378 g/mol. The molecule has 3 heterocycles. The van der Waals surface area contributed by atoms with Gasteiger partial charge in [0.15, 0.2) is 0 Å². The molecule has 0 bridgehead atoms. The minimum atomic E-state index is -0.724. The summed E-state index contributed by atoms with van der Waals surface area (Å²) in [6.07, 6.45) is 4.03. The van der Waals surface area contributed by atoms with E-state index in [-0.39, 0.29) is 11.8 Å². The van der Waals surface area contributed by atoms with E-state index in [0.717, 1.165) is 38.6 Å². The van der Waals surface area contributed by atoms with Crippen molar-refractivity contribution in [3.63, 3.8) is 0 Å². The lowest BCUT2D eigenvalue weighted by atomic mass is 9.85. The van der Waals surface area contributed by atoms with Gasteiger partial charge in [-0.05, 0) is 49.8 Å². The second kappa shape index (κ2) is 7.62. The molecule has 146 valence electrons. The Morgan fingerprint density at radius 1 is 1.04 bits per heavy atom. The van der Waals surface area contributed by atoms with Gasteiger partial charge in [-0.15, -0.1) is 0 Å². The Kier molecular flexibility index (Phi) is 5.03. The van der Waals surface area contributed by atoms with Crippen molar-refractivity contribution in [3.8, 4) is 0 Å². The van der Waals surface area contributed by atoms with Crippen molar-refractivity contribution in [3.05, 3.63) is 59.8 Å². The van der Waals surface area contributed by atoms with Crippen LogP contribution in [0.2, 0.25) is 0 Å². The molecule has 1 aromatic heterocycles. The summed E-state index contributed by atoms with van der Waals surface area (Å²) in [4.78, 5) is 34.5. The van der Waals surface area contributed by atoms with Crippen molar-refractivity contribution in [2.45, 2.75) is 37.6 Å². The molecule has 6 heteroatoms. The lowest BCUT2D eigenvalue weighted by molar-refractivity contribution is -0.145. The lowest BCUT2D eigenvalue weighted by Gasteiger charge is -2.44. The van der Waals surface area contributed by atoms with E-state index >= 15 is 0 Å². The van der Waals surface area contributed by atoms with Gasteiger partial charge in [0.2, 0.25) is 5.91 Å². The number of carbonyl (C=O) groups excluding carboxylic acids is 2. The Morgan fingerprint density at radius 2 is 1.79 bits per heavy atom. The highest BCUT2D eigenvalue weighted by molar-refractivity contribution is 5.99. The molecule has 2 N–H and O–H groups in total. The van der Waals surface area contributed by atoms with E-state index < -0.39 is 5.54 Å². The third kappa shape index (κ3) is 3.35. The standard InChI is InChI=1S/C22H26N4O2/c23-19-10-4-9-18(24-19)20(27)26-15-6-13-22(26)12-5-14-25(21(22)28)16-11-17-7-2-1-3-8-17/h1-4,7-10H,5-6,11-16H2,(H2,23,24). The number of nitrogens with zero attached hydrogens (tertiary/aromatic N) is 3. The fourth-order valence-electron chi connectivity index (χ4n) is 4.55. The Balaban J connectivity index is 1.53. The summed E-state index contributed by atoms with van der Waals surface area (Å²) in [6, 6.07) is 15.3. The highest BCUT2D eigenvalue weighted by Crippen LogP contribution is 2.39. The molecular weight excluding hydrogens is 352 g/mol. The van der Waals surface area contributed by atoms with Crippen LogP contribution in [0.25, 0.3) is 0 Å². The van der Waals surface area contributed by atoms with Crippen LogP contribution in [0.3, 0.4) is 0 Å². The largest absolute Gasteiger partial charge is 0.384 e. The molecular formula is C22H26N4O2. The van der Waals surface area contributed by atoms with Crippen LogP contribution in [0.4, 0.5) is 5.82 Å². The molecule has 0 saturated carbocycles. The lowest BCUT2D eigenvalue weighted by Crippen LogP contribution is -2.61. The molecule has 28 heavy (non-hydrogen) atoms. The van der Waals surface area contributed by atoms with Gasteiger partial charge >= 0.3 is 0 Å². The van der Waals surface area contributed by atoms with Crippen molar-refractivity contribution >= 4 is 17.6 Å². The molecule has 2 aromatic rings. The molecule has 2 aliphatic rings. The maximum atomic E-state index is 13.5. The van der Waals surface area contributed by atoms with Crippen LogP contribution < -0.4 is 5.73 Å². The van der Waals surface area contributed by atoms with E-state index in [1.165, 1.54) is 5.56 Å². The third-order valence-corrected chi connectivity index (χ3v) is 5.94. The normalized spacial score (nSPS) is 22.1. The number of amides is 2. The first-order valence-electron chi connectivity index (χ1n) is 9.98. The summed E-state index contributed by atoms with van der Waals surface area (Å²) in [7, 11) is 0.